The van der Waals surface area contributed by atoms with Crippen molar-refractivity contribution in [2.45, 2.75) is 32.4 Å². The molecule has 140 valence electrons. The van der Waals surface area contributed by atoms with E-state index in [4.69, 9.17) is 10.5 Å². The van der Waals surface area contributed by atoms with Gasteiger partial charge in [0.2, 0.25) is 0 Å². The van der Waals surface area contributed by atoms with Gasteiger partial charge in [-0.15, -0.1) is 24.0 Å². The number of halogens is 2. The number of rotatable bonds is 4. The fourth-order valence-electron chi connectivity index (χ4n) is 2.50. The third kappa shape index (κ3) is 6.89. The summed E-state index contributed by atoms with van der Waals surface area (Å²) in [7, 11) is 0. The van der Waals surface area contributed by atoms with Gasteiger partial charge in [0.15, 0.2) is 5.96 Å². The normalized spacial score (nSPS) is 15.4. The first-order valence-electron chi connectivity index (χ1n) is 7.95. The molecule has 1 aliphatic heterocycles. The fraction of sp³-hybridized carbons (Fsp3) is 0.500. The number of amides is 1. The molecule has 0 aromatic heterocycles. The van der Waals surface area contributed by atoms with Gasteiger partial charge in [-0.2, -0.15) is 0 Å². The van der Waals surface area contributed by atoms with E-state index in [-0.39, 0.29) is 41.9 Å². The van der Waals surface area contributed by atoms with Gasteiger partial charge in [0.1, 0.15) is 5.75 Å². The van der Waals surface area contributed by atoms with Gasteiger partial charge in [-0.3, -0.25) is 0 Å². The highest BCUT2D eigenvalue weighted by Gasteiger charge is 2.23. The topological polar surface area (TPSA) is 100 Å². The Labute approximate surface area is 173 Å². The van der Waals surface area contributed by atoms with Gasteiger partial charge in [0, 0.05) is 19.1 Å². The van der Waals surface area contributed by atoms with Crippen LogP contribution in [0.3, 0.4) is 0 Å². The van der Waals surface area contributed by atoms with Crippen molar-refractivity contribution in [1.29, 1.82) is 0 Å². The quantitative estimate of drug-likeness (QED) is 0.318. The summed E-state index contributed by atoms with van der Waals surface area (Å²) in [5, 5.41) is 12.7. The highest BCUT2D eigenvalue weighted by Crippen LogP contribution is 2.24. The van der Waals surface area contributed by atoms with E-state index in [1.807, 2.05) is 6.07 Å². The minimum absolute atomic E-state index is 0. The Morgan fingerprint density at radius 2 is 2.16 bits per heavy atom. The van der Waals surface area contributed by atoms with Crippen molar-refractivity contribution < 1.29 is 14.6 Å². The van der Waals surface area contributed by atoms with Crippen LogP contribution in [0.2, 0.25) is 0 Å². The Morgan fingerprint density at radius 1 is 1.48 bits per heavy atom. The van der Waals surface area contributed by atoms with Gasteiger partial charge in [-0.25, -0.2) is 9.79 Å². The molecule has 2 rings (SSSR count). The molecule has 1 aromatic rings. The molecule has 7 nitrogen and oxygen atoms in total. The van der Waals surface area contributed by atoms with Crippen molar-refractivity contribution in [3.63, 3.8) is 0 Å². The number of nitrogens with one attached hydrogen (secondary N) is 1. The number of aliphatic imine (C=N–C) groups is 1. The maximum atomic E-state index is 11.7. The lowest BCUT2D eigenvalue weighted by Crippen LogP contribution is -2.48. The Kier molecular flexibility index (Phi) is 9.33. The second-order valence-electron chi connectivity index (χ2n) is 5.59. The van der Waals surface area contributed by atoms with Crippen LogP contribution in [0.5, 0.6) is 5.75 Å². The smallest absolute Gasteiger partial charge is 0.409 e. The number of nitrogens with zero attached hydrogens (tertiary/aromatic N) is 2. The van der Waals surface area contributed by atoms with Crippen LogP contribution in [0.15, 0.2) is 27.7 Å². The van der Waals surface area contributed by atoms with Crippen molar-refractivity contribution in [1.82, 2.24) is 10.2 Å². The van der Waals surface area contributed by atoms with Crippen molar-refractivity contribution in [3.05, 3.63) is 28.2 Å². The molecule has 9 heteroatoms. The highest BCUT2D eigenvalue weighted by atomic mass is 127. The molecule has 1 heterocycles. The summed E-state index contributed by atoms with van der Waals surface area (Å²) >= 11 is 3.27. The predicted molar refractivity (Wildman–Crippen MR) is 111 cm³/mol. The average Bonchev–Trinajstić information content (AvgIpc) is 2.57. The number of likely N-dealkylation sites (tertiary alicyclic amines) is 1. The van der Waals surface area contributed by atoms with Crippen LogP contribution in [-0.2, 0) is 11.3 Å². The van der Waals surface area contributed by atoms with Crippen LogP contribution < -0.4 is 11.1 Å². The standard InChI is InChI=1S/C16H23BrN4O3.HI/c1-2-24-16(23)21-7-5-12(6-8-21)20-15(18)19-10-11-3-4-14(22)13(17)9-11;/h3-4,9,12,22H,2,5-8,10H2,1H3,(H3,18,19,20);1H. The van der Waals surface area contributed by atoms with Crippen molar-refractivity contribution >= 4 is 52.0 Å². The molecule has 1 fully saturated rings. The highest BCUT2D eigenvalue weighted by molar-refractivity contribution is 14.0. The van der Waals surface area contributed by atoms with E-state index in [9.17, 15) is 9.90 Å². The maximum absolute atomic E-state index is 11.7. The van der Waals surface area contributed by atoms with Gasteiger partial charge >= 0.3 is 6.09 Å². The summed E-state index contributed by atoms with van der Waals surface area (Å²) in [5.41, 5.74) is 6.88. The molecule has 0 bridgehead atoms. The molecule has 4 N–H and O–H groups in total. The number of benzene rings is 1. The maximum Gasteiger partial charge on any atom is 0.409 e. The van der Waals surface area contributed by atoms with E-state index < -0.39 is 0 Å². The molecule has 1 aromatic carbocycles. The van der Waals surface area contributed by atoms with E-state index in [1.54, 1.807) is 24.0 Å². The Morgan fingerprint density at radius 3 is 2.76 bits per heavy atom. The second-order valence-corrected chi connectivity index (χ2v) is 6.45. The predicted octanol–water partition coefficient (Wildman–Crippen LogP) is 2.80. The van der Waals surface area contributed by atoms with Crippen LogP contribution >= 0.6 is 39.9 Å². The van der Waals surface area contributed by atoms with E-state index >= 15 is 0 Å². The number of nitrogens with two attached hydrogens (primary N) is 1. The first-order valence-corrected chi connectivity index (χ1v) is 8.74. The van der Waals surface area contributed by atoms with Crippen molar-refractivity contribution in [3.8, 4) is 5.75 Å². The number of carbonyl (C=O) groups is 1. The largest absolute Gasteiger partial charge is 0.507 e. The molecule has 1 saturated heterocycles. The number of ether oxygens (including phenoxy) is 1. The average molecular weight is 527 g/mol. The molecule has 1 amide bonds. The number of guanidine groups is 1. The number of phenols is 1. The van der Waals surface area contributed by atoms with Crippen LogP contribution in [0.1, 0.15) is 25.3 Å². The molecular formula is C16H24BrIN4O3. The lowest BCUT2D eigenvalue weighted by molar-refractivity contribution is 0.0963. The van der Waals surface area contributed by atoms with E-state index in [2.05, 4.69) is 26.2 Å². The van der Waals surface area contributed by atoms with Crippen LogP contribution in [0, 0.1) is 0 Å². The van der Waals surface area contributed by atoms with E-state index in [1.165, 1.54) is 0 Å². The lowest BCUT2D eigenvalue weighted by Gasteiger charge is -2.31. The zero-order valence-electron chi connectivity index (χ0n) is 14.1. The van der Waals surface area contributed by atoms with Gasteiger partial charge in [-0.1, -0.05) is 6.07 Å². The molecule has 0 saturated carbocycles. The zero-order chi connectivity index (χ0) is 17.5. The molecule has 0 aliphatic carbocycles. The minimum atomic E-state index is -0.254. The molecule has 0 radical (unpaired) electrons. The number of hydrogen-bond donors (Lipinski definition) is 3. The Balaban J connectivity index is 0.00000312. The molecule has 0 unspecified atom stereocenters. The third-order valence-electron chi connectivity index (χ3n) is 3.82. The summed E-state index contributed by atoms with van der Waals surface area (Å²) in [6.07, 6.45) is 1.36. The van der Waals surface area contributed by atoms with Crippen molar-refractivity contribution in [2.75, 3.05) is 19.7 Å². The third-order valence-corrected chi connectivity index (χ3v) is 4.45. The number of carbonyl (C=O) groups excluding carboxylic acids is 1. The monoisotopic (exact) mass is 526 g/mol. The van der Waals surface area contributed by atoms with Gasteiger partial charge in [-0.05, 0) is 53.4 Å². The Bertz CT molecular complexity index is 607. The molecule has 0 spiro atoms. The van der Waals surface area contributed by atoms with Crippen LogP contribution in [0.4, 0.5) is 4.79 Å². The molecule has 25 heavy (non-hydrogen) atoms. The zero-order valence-corrected chi connectivity index (χ0v) is 18.0. The summed E-state index contributed by atoms with van der Waals surface area (Å²) in [5.74, 6) is 0.580. The SMILES string of the molecule is CCOC(=O)N1CCC(NC(N)=NCc2ccc(O)c(Br)c2)CC1.I. The summed E-state index contributed by atoms with van der Waals surface area (Å²) in [6, 6.07) is 5.42. The fourth-order valence-corrected chi connectivity index (χ4v) is 2.93. The molecule has 0 atom stereocenters. The lowest BCUT2D eigenvalue weighted by atomic mass is 10.1. The molecular weight excluding hydrogens is 503 g/mol. The molecule has 1 aliphatic rings. The number of phenolic OH excluding ortho intramolecular Hbond substituents is 1. The van der Waals surface area contributed by atoms with Gasteiger partial charge < -0.3 is 25.8 Å². The minimum Gasteiger partial charge on any atom is -0.507 e. The summed E-state index contributed by atoms with van der Waals surface area (Å²) < 4.78 is 5.63. The van der Waals surface area contributed by atoms with Crippen LogP contribution in [-0.4, -0.2) is 47.8 Å². The van der Waals surface area contributed by atoms with Gasteiger partial charge in [0.05, 0.1) is 17.6 Å². The summed E-state index contributed by atoms with van der Waals surface area (Å²) in [4.78, 5) is 17.7. The number of aromatic hydroxyl groups is 1. The second kappa shape index (κ2) is 10.7. The summed E-state index contributed by atoms with van der Waals surface area (Å²) in [6.45, 7) is 3.92. The van der Waals surface area contributed by atoms with E-state index in [0.29, 0.717) is 36.7 Å². The van der Waals surface area contributed by atoms with Gasteiger partial charge in [0.25, 0.3) is 0 Å². The first kappa shape index (κ1) is 21.8. The van der Waals surface area contributed by atoms with E-state index in [0.717, 1.165) is 18.4 Å². The first-order chi connectivity index (χ1) is 11.5. The Hall–Kier alpha value is -1.23. The van der Waals surface area contributed by atoms with Crippen LogP contribution in [0.25, 0.3) is 0 Å². The number of hydrogen-bond acceptors (Lipinski definition) is 4. The van der Waals surface area contributed by atoms with Crippen molar-refractivity contribution in [2.24, 2.45) is 10.7 Å². The number of piperidine rings is 1.